The standard InChI is InChI=1S/C14H24O3/c1-14(2,3)17-13(15)12(16-4)10-11-8-6-5-7-9-11/h10-11H,5-9H2,1-4H3/b12-10-. The molecule has 1 fully saturated rings. The van der Waals surface area contributed by atoms with E-state index in [1.165, 1.54) is 26.4 Å². The Hall–Kier alpha value is -0.990. The summed E-state index contributed by atoms with van der Waals surface area (Å²) in [5.41, 5.74) is -0.471. The van der Waals surface area contributed by atoms with Crippen LogP contribution in [0, 0.1) is 5.92 Å². The first-order chi connectivity index (χ1) is 7.92. The summed E-state index contributed by atoms with van der Waals surface area (Å²) in [6, 6.07) is 0. The molecular weight excluding hydrogens is 216 g/mol. The van der Waals surface area contributed by atoms with E-state index < -0.39 is 5.60 Å². The van der Waals surface area contributed by atoms with E-state index in [-0.39, 0.29) is 5.97 Å². The minimum Gasteiger partial charge on any atom is -0.490 e. The van der Waals surface area contributed by atoms with Gasteiger partial charge in [0.15, 0.2) is 0 Å². The lowest BCUT2D eigenvalue weighted by Gasteiger charge is -2.22. The van der Waals surface area contributed by atoms with E-state index in [0.717, 1.165) is 12.8 Å². The molecule has 0 aromatic carbocycles. The normalized spacial score (nSPS) is 18.9. The third kappa shape index (κ3) is 5.24. The molecule has 1 aliphatic carbocycles. The molecule has 0 amide bonds. The van der Waals surface area contributed by atoms with Crippen molar-refractivity contribution in [3.05, 3.63) is 11.8 Å². The first kappa shape index (κ1) is 14.1. The maximum absolute atomic E-state index is 11.8. The highest BCUT2D eigenvalue weighted by Gasteiger charge is 2.22. The molecule has 1 rings (SSSR count). The highest BCUT2D eigenvalue weighted by atomic mass is 16.6. The van der Waals surface area contributed by atoms with Gasteiger partial charge in [-0.05, 0) is 45.6 Å². The van der Waals surface area contributed by atoms with E-state index in [0.29, 0.717) is 11.7 Å². The fourth-order valence-electron chi connectivity index (χ4n) is 2.06. The van der Waals surface area contributed by atoms with Crippen molar-refractivity contribution in [2.75, 3.05) is 7.11 Å². The zero-order chi connectivity index (χ0) is 12.9. The number of hydrogen-bond acceptors (Lipinski definition) is 3. The van der Waals surface area contributed by atoms with Gasteiger partial charge in [0.2, 0.25) is 5.76 Å². The number of methoxy groups -OCH3 is 1. The van der Waals surface area contributed by atoms with E-state index in [2.05, 4.69) is 0 Å². The van der Waals surface area contributed by atoms with Crippen molar-refractivity contribution in [2.45, 2.75) is 58.5 Å². The molecule has 1 saturated carbocycles. The number of rotatable bonds is 3. The summed E-state index contributed by atoms with van der Waals surface area (Å²) in [4.78, 5) is 11.8. The molecule has 1 aliphatic rings. The van der Waals surface area contributed by atoms with Crippen LogP contribution in [0.25, 0.3) is 0 Å². The predicted octanol–water partition coefficient (Wildman–Crippen LogP) is 3.44. The van der Waals surface area contributed by atoms with Crippen LogP contribution in [-0.4, -0.2) is 18.7 Å². The van der Waals surface area contributed by atoms with Crippen LogP contribution in [0.4, 0.5) is 0 Å². The summed E-state index contributed by atoms with van der Waals surface area (Å²) >= 11 is 0. The fraction of sp³-hybridized carbons (Fsp3) is 0.786. The molecule has 0 heterocycles. The highest BCUT2D eigenvalue weighted by molar-refractivity contribution is 5.86. The van der Waals surface area contributed by atoms with Gasteiger partial charge in [-0.15, -0.1) is 0 Å². The zero-order valence-electron chi connectivity index (χ0n) is 11.4. The van der Waals surface area contributed by atoms with Gasteiger partial charge in [-0.25, -0.2) is 4.79 Å². The molecule has 0 unspecified atom stereocenters. The predicted molar refractivity (Wildman–Crippen MR) is 67.5 cm³/mol. The Kier molecular flexibility index (Phi) is 5.03. The molecule has 0 atom stereocenters. The largest absolute Gasteiger partial charge is 0.490 e. The van der Waals surface area contributed by atoms with Crippen LogP contribution < -0.4 is 0 Å². The van der Waals surface area contributed by atoms with Crippen LogP contribution >= 0.6 is 0 Å². The third-order valence-corrected chi connectivity index (χ3v) is 2.86. The molecule has 3 nitrogen and oxygen atoms in total. The van der Waals surface area contributed by atoms with E-state index in [4.69, 9.17) is 9.47 Å². The van der Waals surface area contributed by atoms with Gasteiger partial charge in [-0.1, -0.05) is 19.3 Å². The van der Waals surface area contributed by atoms with E-state index in [1.54, 1.807) is 0 Å². The van der Waals surface area contributed by atoms with Crippen molar-refractivity contribution < 1.29 is 14.3 Å². The van der Waals surface area contributed by atoms with Crippen LogP contribution in [0.15, 0.2) is 11.8 Å². The monoisotopic (exact) mass is 240 g/mol. The lowest BCUT2D eigenvalue weighted by molar-refractivity contribution is -0.153. The molecule has 17 heavy (non-hydrogen) atoms. The van der Waals surface area contributed by atoms with Gasteiger partial charge in [0.25, 0.3) is 0 Å². The fourth-order valence-corrected chi connectivity index (χ4v) is 2.06. The molecule has 0 aliphatic heterocycles. The van der Waals surface area contributed by atoms with Gasteiger partial charge in [-0.2, -0.15) is 0 Å². The summed E-state index contributed by atoms with van der Waals surface area (Å²) < 4.78 is 10.4. The van der Waals surface area contributed by atoms with E-state index in [9.17, 15) is 4.79 Å². The number of esters is 1. The molecule has 3 heteroatoms. The minimum absolute atomic E-state index is 0.354. The summed E-state index contributed by atoms with van der Waals surface area (Å²) in [5.74, 6) is 0.462. The summed E-state index contributed by atoms with van der Waals surface area (Å²) in [6.45, 7) is 5.58. The Balaban J connectivity index is 2.62. The number of carbonyl (C=O) groups is 1. The lowest BCUT2D eigenvalue weighted by Crippen LogP contribution is -2.25. The van der Waals surface area contributed by atoms with Gasteiger partial charge in [0.05, 0.1) is 7.11 Å². The number of ether oxygens (including phenoxy) is 2. The average Bonchev–Trinajstić information content (AvgIpc) is 2.24. The van der Waals surface area contributed by atoms with Crippen molar-refractivity contribution in [1.29, 1.82) is 0 Å². The molecule has 0 spiro atoms. The zero-order valence-corrected chi connectivity index (χ0v) is 11.4. The maximum atomic E-state index is 11.8. The molecular formula is C14H24O3. The van der Waals surface area contributed by atoms with Crippen LogP contribution in [0.5, 0.6) is 0 Å². The van der Waals surface area contributed by atoms with E-state index in [1.807, 2.05) is 26.8 Å². The summed E-state index contributed by atoms with van der Waals surface area (Å²) in [7, 11) is 1.53. The first-order valence-electron chi connectivity index (χ1n) is 6.41. The minimum atomic E-state index is -0.471. The van der Waals surface area contributed by atoms with Gasteiger partial charge in [0.1, 0.15) is 5.60 Å². The Morgan fingerprint density at radius 2 is 1.76 bits per heavy atom. The van der Waals surface area contributed by atoms with Gasteiger partial charge in [-0.3, -0.25) is 0 Å². The molecule has 0 saturated heterocycles. The first-order valence-corrected chi connectivity index (χ1v) is 6.41. The Morgan fingerprint density at radius 1 is 1.18 bits per heavy atom. The number of allylic oxidation sites excluding steroid dienone is 1. The SMILES string of the molecule is CO/C(=C\C1CCCCC1)C(=O)OC(C)(C)C. The summed E-state index contributed by atoms with van der Waals surface area (Å²) in [5, 5.41) is 0. The van der Waals surface area contributed by atoms with Crippen LogP contribution in [0.1, 0.15) is 52.9 Å². The maximum Gasteiger partial charge on any atom is 0.373 e. The molecule has 98 valence electrons. The van der Waals surface area contributed by atoms with E-state index >= 15 is 0 Å². The van der Waals surface area contributed by atoms with Crippen LogP contribution in [0.2, 0.25) is 0 Å². The van der Waals surface area contributed by atoms with Crippen molar-refractivity contribution in [3.63, 3.8) is 0 Å². The number of carbonyl (C=O) groups excluding carboxylic acids is 1. The van der Waals surface area contributed by atoms with Crippen molar-refractivity contribution >= 4 is 5.97 Å². The Bertz CT molecular complexity index is 280. The second kappa shape index (κ2) is 6.08. The van der Waals surface area contributed by atoms with Crippen molar-refractivity contribution in [3.8, 4) is 0 Å². The Morgan fingerprint density at radius 3 is 2.24 bits per heavy atom. The molecule has 0 radical (unpaired) electrons. The molecule has 0 aromatic heterocycles. The summed E-state index contributed by atoms with van der Waals surface area (Å²) in [6.07, 6.45) is 8.02. The molecule has 0 N–H and O–H groups in total. The van der Waals surface area contributed by atoms with Crippen molar-refractivity contribution in [2.24, 2.45) is 5.92 Å². The smallest absolute Gasteiger partial charge is 0.373 e. The third-order valence-electron chi connectivity index (χ3n) is 2.86. The number of hydrogen-bond donors (Lipinski definition) is 0. The van der Waals surface area contributed by atoms with Crippen molar-refractivity contribution in [1.82, 2.24) is 0 Å². The molecule has 0 bridgehead atoms. The van der Waals surface area contributed by atoms with Crippen LogP contribution in [0.3, 0.4) is 0 Å². The quantitative estimate of drug-likeness (QED) is 0.430. The topological polar surface area (TPSA) is 35.5 Å². The second-order valence-corrected chi connectivity index (χ2v) is 5.64. The lowest BCUT2D eigenvalue weighted by atomic mass is 9.89. The van der Waals surface area contributed by atoms with Crippen LogP contribution in [-0.2, 0) is 14.3 Å². The Labute approximate surface area is 104 Å². The van der Waals surface area contributed by atoms with Gasteiger partial charge >= 0.3 is 5.97 Å². The molecule has 0 aromatic rings. The highest BCUT2D eigenvalue weighted by Crippen LogP contribution is 2.26. The average molecular weight is 240 g/mol. The second-order valence-electron chi connectivity index (χ2n) is 5.64. The van der Waals surface area contributed by atoms with Gasteiger partial charge < -0.3 is 9.47 Å². The van der Waals surface area contributed by atoms with Gasteiger partial charge in [0, 0.05) is 0 Å².